The summed E-state index contributed by atoms with van der Waals surface area (Å²) < 4.78 is 16.8. The third-order valence-electron chi connectivity index (χ3n) is 5.62. The molecular weight excluding hydrogens is 372 g/mol. The van der Waals surface area contributed by atoms with Gasteiger partial charge < -0.3 is 24.4 Å². The van der Waals surface area contributed by atoms with Crippen molar-refractivity contribution in [2.24, 2.45) is 0 Å². The summed E-state index contributed by atoms with van der Waals surface area (Å²) in [7, 11) is 3.11. The molecule has 7 heteroatoms. The van der Waals surface area contributed by atoms with Gasteiger partial charge in [-0.25, -0.2) is 0 Å². The second-order valence-corrected chi connectivity index (χ2v) is 7.33. The van der Waals surface area contributed by atoms with E-state index in [1.165, 1.54) is 0 Å². The molecule has 0 aromatic heterocycles. The lowest BCUT2D eigenvalue weighted by atomic mass is 9.90. The zero-order valence-corrected chi connectivity index (χ0v) is 16.6. The van der Waals surface area contributed by atoms with Gasteiger partial charge in [-0.05, 0) is 30.3 Å². The van der Waals surface area contributed by atoms with Crippen LogP contribution in [0, 0.1) is 0 Å². The van der Waals surface area contributed by atoms with E-state index in [9.17, 15) is 9.59 Å². The van der Waals surface area contributed by atoms with Gasteiger partial charge in [0.25, 0.3) is 11.8 Å². The summed E-state index contributed by atoms with van der Waals surface area (Å²) in [6, 6.07) is 12.4. The SMILES string of the molecule is COc1ccc(C(=O)N2CCC3(CC2)CNC(=O)c2ccccc2O3)cc1OC. The number of rotatable bonds is 3. The molecule has 0 bridgehead atoms. The molecule has 0 saturated carbocycles. The first-order chi connectivity index (χ1) is 14.0. The van der Waals surface area contributed by atoms with Gasteiger partial charge in [0.2, 0.25) is 0 Å². The third kappa shape index (κ3) is 3.60. The van der Waals surface area contributed by atoms with Gasteiger partial charge in [-0.1, -0.05) is 12.1 Å². The summed E-state index contributed by atoms with van der Waals surface area (Å²) in [4.78, 5) is 27.1. The molecule has 29 heavy (non-hydrogen) atoms. The minimum absolute atomic E-state index is 0.0566. The van der Waals surface area contributed by atoms with Crippen molar-refractivity contribution in [1.82, 2.24) is 10.2 Å². The highest BCUT2D eigenvalue weighted by molar-refractivity contribution is 5.97. The van der Waals surface area contributed by atoms with Crippen molar-refractivity contribution in [3.63, 3.8) is 0 Å². The van der Waals surface area contributed by atoms with Crippen molar-refractivity contribution in [2.75, 3.05) is 33.9 Å². The summed E-state index contributed by atoms with van der Waals surface area (Å²) in [5.74, 6) is 1.53. The standard InChI is InChI=1S/C22H24N2O5/c1-27-18-8-7-15(13-19(18)28-2)21(26)24-11-9-22(10-12-24)14-23-20(25)16-5-3-4-6-17(16)29-22/h3-8,13H,9-12,14H2,1-2H3,(H,23,25). The van der Waals surface area contributed by atoms with Crippen LogP contribution in [-0.2, 0) is 0 Å². The Labute approximate surface area is 169 Å². The Morgan fingerprint density at radius 1 is 1.07 bits per heavy atom. The molecular formula is C22H24N2O5. The Bertz CT molecular complexity index is 935. The lowest BCUT2D eigenvalue weighted by molar-refractivity contribution is 0.00770. The molecule has 0 radical (unpaired) electrons. The fourth-order valence-corrected chi connectivity index (χ4v) is 3.90. The monoisotopic (exact) mass is 396 g/mol. The number of nitrogens with zero attached hydrogens (tertiary/aromatic N) is 1. The average Bonchev–Trinajstić information content (AvgIpc) is 2.90. The second-order valence-electron chi connectivity index (χ2n) is 7.33. The van der Waals surface area contributed by atoms with Crippen molar-refractivity contribution in [2.45, 2.75) is 18.4 Å². The number of methoxy groups -OCH3 is 2. The number of hydrogen-bond donors (Lipinski definition) is 1. The van der Waals surface area contributed by atoms with Crippen LogP contribution in [0.5, 0.6) is 17.2 Å². The first kappa shape index (κ1) is 19.1. The van der Waals surface area contributed by atoms with Gasteiger partial charge >= 0.3 is 0 Å². The molecule has 2 aliphatic rings. The number of hydrogen-bond acceptors (Lipinski definition) is 5. The number of benzene rings is 2. The molecule has 0 unspecified atom stereocenters. The predicted molar refractivity (Wildman–Crippen MR) is 107 cm³/mol. The number of likely N-dealkylation sites (tertiary alicyclic amines) is 1. The molecule has 1 fully saturated rings. The molecule has 0 aliphatic carbocycles. The first-order valence-corrected chi connectivity index (χ1v) is 9.63. The fourth-order valence-electron chi connectivity index (χ4n) is 3.90. The van der Waals surface area contributed by atoms with E-state index in [2.05, 4.69) is 5.32 Å². The van der Waals surface area contributed by atoms with E-state index >= 15 is 0 Å². The lowest BCUT2D eigenvalue weighted by Crippen LogP contribution is -2.54. The maximum Gasteiger partial charge on any atom is 0.255 e. The van der Waals surface area contributed by atoms with Gasteiger partial charge in [-0.15, -0.1) is 0 Å². The molecule has 2 aliphatic heterocycles. The van der Waals surface area contributed by atoms with Crippen LogP contribution in [0.1, 0.15) is 33.6 Å². The zero-order valence-electron chi connectivity index (χ0n) is 16.6. The molecule has 2 amide bonds. The van der Waals surface area contributed by atoms with E-state index in [4.69, 9.17) is 14.2 Å². The van der Waals surface area contributed by atoms with Crippen molar-refractivity contribution < 1.29 is 23.8 Å². The van der Waals surface area contributed by atoms with Gasteiger partial charge in [0.05, 0.1) is 26.3 Å². The molecule has 1 N–H and O–H groups in total. The largest absolute Gasteiger partial charge is 0.493 e. The van der Waals surface area contributed by atoms with Crippen molar-refractivity contribution in [1.29, 1.82) is 0 Å². The molecule has 152 valence electrons. The Morgan fingerprint density at radius 3 is 2.52 bits per heavy atom. The van der Waals surface area contributed by atoms with Crippen molar-refractivity contribution in [3.8, 4) is 17.2 Å². The van der Waals surface area contributed by atoms with E-state index in [-0.39, 0.29) is 11.8 Å². The minimum atomic E-state index is -0.503. The van der Waals surface area contributed by atoms with Crippen LogP contribution in [0.25, 0.3) is 0 Å². The quantitative estimate of drug-likeness (QED) is 0.863. The van der Waals surface area contributed by atoms with Crippen LogP contribution in [0.15, 0.2) is 42.5 Å². The number of piperidine rings is 1. The Balaban J connectivity index is 1.48. The predicted octanol–water partition coefficient (Wildman–Crippen LogP) is 2.50. The number of carbonyl (C=O) groups is 2. The van der Waals surface area contributed by atoms with Gasteiger partial charge in [-0.3, -0.25) is 9.59 Å². The normalized spacial score (nSPS) is 17.6. The highest BCUT2D eigenvalue weighted by atomic mass is 16.5. The molecule has 2 aromatic carbocycles. The van der Waals surface area contributed by atoms with Crippen LogP contribution in [-0.4, -0.2) is 56.2 Å². The number of fused-ring (bicyclic) bond motifs is 1. The average molecular weight is 396 g/mol. The van der Waals surface area contributed by atoms with Gasteiger partial charge in [0, 0.05) is 31.5 Å². The topological polar surface area (TPSA) is 77.1 Å². The van der Waals surface area contributed by atoms with Crippen LogP contribution in [0.4, 0.5) is 0 Å². The Kier molecular flexibility index (Phi) is 5.05. The summed E-state index contributed by atoms with van der Waals surface area (Å²) >= 11 is 0. The van der Waals surface area contributed by atoms with Gasteiger partial charge in [0.15, 0.2) is 11.5 Å². The maximum absolute atomic E-state index is 13.0. The van der Waals surface area contributed by atoms with Crippen LogP contribution in [0.3, 0.4) is 0 Å². The Morgan fingerprint density at radius 2 is 1.79 bits per heavy atom. The second kappa shape index (κ2) is 7.66. The molecule has 4 rings (SSSR count). The molecule has 2 heterocycles. The van der Waals surface area contributed by atoms with E-state index < -0.39 is 5.60 Å². The van der Waals surface area contributed by atoms with E-state index in [1.807, 2.05) is 23.1 Å². The first-order valence-electron chi connectivity index (χ1n) is 9.63. The lowest BCUT2D eigenvalue weighted by Gasteiger charge is -2.41. The summed E-state index contributed by atoms with van der Waals surface area (Å²) in [6.07, 6.45) is 1.28. The highest BCUT2D eigenvalue weighted by Crippen LogP contribution is 2.34. The summed E-state index contributed by atoms with van der Waals surface area (Å²) in [6.45, 7) is 1.52. The summed E-state index contributed by atoms with van der Waals surface area (Å²) in [5.41, 5.74) is 0.601. The summed E-state index contributed by atoms with van der Waals surface area (Å²) in [5, 5.41) is 2.97. The highest BCUT2D eigenvalue weighted by Gasteiger charge is 2.41. The van der Waals surface area contributed by atoms with Crippen LogP contribution < -0.4 is 19.5 Å². The third-order valence-corrected chi connectivity index (χ3v) is 5.62. The van der Waals surface area contributed by atoms with E-state index in [1.54, 1.807) is 38.5 Å². The number of ether oxygens (including phenoxy) is 3. The number of nitrogens with one attached hydrogen (secondary N) is 1. The Hall–Kier alpha value is -3.22. The van der Waals surface area contributed by atoms with Gasteiger partial charge in [-0.2, -0.15) is 0 Å². The van der Waals surface area contributed by atoms with Crippen LogP contribution in [0.2, 0.25) is 0 Å². The number of para-hydroxylation sites is 1. The van der Waals surface area contributed by atoms with E-state index in [0.29, 0.717) is 60.9 Å². The molecule has 2 aromatic rings. The van der Waals surface area contributed by atoms with Crippen molar-refractivity contribution in [3.05, 3.63) is 53.6 Å². The molecule has 1 spiro atoms. The smallest absolute Gasteiger partial charge is 0.255 e. The van der Waals surface area contributed by atoms with Gasteiger partial charge in [0.1, 0.15) is 11.4 Å². The molecule has 7 nitrogen and oxygen atoms in total. The maximum atomic E-state index is 13.0. The number of amides is 2. The number of carbonyl (C=O) groups excluding carboxylic acids is 2. The van der Waals surface area contributed by atoms with E-state index in [0.717, 1.165) is 0 Å². The fraction of sp³-hybridized carbons (Fsp3) is 0.364. The molecule has 1 saturated heterocycles. The zero-order chi connectivity index (χ0) is 20.4. The molecule has 0 atom stereocenters. The van der Waals surface area contributed by atoms with Crippen molar-refractivity contribution >= 4 is 11.8 Å². The minimum Gasteiger partial charge on any atom is -0.493 e. The van der Waals surface area contributed by atoms with Crippen LogP contribution >= 0.6 is 0 Å².